The summed E-state index contributed by atoms with van der Waals surface area (Å²) in [5.74, 6) is -0.856. The van der Waals surface area contributed by atoms with Gasteiger partial charge in [0.05, 0.1) is 12.2 Å². The SMILES string of the molecule is OCc1cc(I)nc(OC(F)(F)F)c1CF. The Morgan fingerprint density at radius 1 is 1.44 bits per heavy atom. The van der Waals surface area contributed by atoms with E-state index < -0.39 is 25.5 Å². The highest BCUT2D eigenvalue weighted by Crippen LogP contribution is 2.28. The molecule has 0 aromatic carbocycles. The molecule has 0 radical (unpaired) electrons. The summed E-state index contributed by atoms with van der Waals surface area (Å²) < 4.78 is 52.2. The molecule has 1 N–H and O–H groups in total. The van der Waals surface area contributed by atoms with Crippen molar-refractivity contribution < 1.29 is 27.4 Å². The van der Waals surface area contributed by atoms with Gasteiger partial charge < -0.3 is 9.84 Å². The van der Waals surface area contributed by atoms with Gasteiger partial charge in [-0.15, -0.1) is 13.2 Å². The molecule has 0 aliphatic carbocycles. The van der Waals surface area contributed by atoms with E-state index in [4.69, 9.17) is 5.11 Å². The summed E-state index contributed by atoms with van der Waals surface area (Å²) >= 11 is 1.65. The van der Waals surface area contributed by atoms with Crippen LogP contribution in [0.2, 0.25) is 0 Å². The highest BCUT2D eigenvalue weighted by molar-refractivity contribution is 14.1. The topological polar surface area (TPSA) is 42.4 Å². The van der Waals surface area contributed by atoms with E-state index in [2.05, 4.69) is 9.72 Å². The van der Waals surface area contributed by atoms with E-state index in [-0.39, 0.29) is 14.8 Å². The van der Waals surface area contributed by atoms with Crippen molar-refractivity contribution in [3.05, 3.63) is 20.9 Å². The average molecular weight is 351 g/mol. The molecule has 8 heteroatoms. The fraction of sp³-hybridized carbons (Fsp3) is 0.375. The van der Waals surface area contributed by atoms with Crippen LogP contribution in [0.3, 0.4) is 0 Å². The second kappa shape index (κ2) is 5.13. The minimum atomic E-state index is -4.94. The Bertz CT molecular complexity index is 383. The van der Waals surface area contributed by atoms with Gasteiger partial charge in [0.1, 0.15) is 10.4 Å². The van der Waals surface area contributed by atoms with E-state index >= 15 is 0 Å². The summed E-state index contributed by atoms with van der Waals surface area (Å²) in [6.07, 6.45) is -4.94. The minimum absolute atomic E-state index is 0.0288. The average Bonchev–Trinajstić information content (AvgIpc) is 2.14. The molecular weight excluding hydrogens is 345 g/mol. The van der Waals surface area contributed by atoms with Gasteiger partial charge in [-0.1, -0.05) is 0 Å². The number of aliphatic hydroxyl groups is 1. The summed E-state index contributed by atoms with van der Waals surface area (Å²) in [4.78, 5) is 3.43. The molecule has 0 saturated carbocycles. The number of rotatable bonds is 3. The summed E-state index contributed by atoms with van der Waals surface area (Å²) in [6, 6.07) is 1.29. The van der Waals surface area contributed by atoms with Crippen molar-refractivity contribution >= 4 is 22.6 Å². The molecule has 1 aromatic rings. The lowest BCUT2D eigenvalue weighted by Gasteiger charge is -2.13. The Morgan fingerprint density at radius 3 is 2.50 bits per heavy atom. The highest BCUT2D eigenvalue weighted by Gasteiger charge is 2.33. The molecule has 0 spiro atoms. The number of hydrogen-bond acceptors (Lipinski definition) is 3. The predicted octanol–water partition coefficient (Wildman–Crippen LogP) is 2.55. The monoisotopic (exact) mass is 351 g/mol. The third-order valence-electron chi connectivity index (χ3n) is 1.66. The van der Waals surface area contributed by atoms with E-state index in [9.17, 15) is 17.6 Å². The van der Waals surface area contributed by atoms with Crippen molar-refractivity contribution in [2.75, 3.05) is 0 Å². The maximum Gasteiger partial charge on any atom is 0.574 e. The number of alkyl halides is 4. The van der Waals surface area contributed by atoms with Gasteiger partial charge >= 0.3 is 6.36 Å². The first kappa shape index (κ1) is 13.4. The molecule has 1 heterocycles. The second-order valence-electron chi connectivity index (χ2n) is 2.73. The molecular formula is C8H6F4INO2. The molecule has 90 valence electrons. The molecule has 0 unspecified atom stereocenters. The van der Waals surface area contributed by atoms with E-state index in [1.165, 1.54) is 6.07 Å². The number of halogens is 5. The molecule has 0 saturated heterocycles. The van der Waals surface area contributed by atoms with Crippen LogP contribution >= 0.6 is 22.6 Å². The number of pyridine rings is 1. The van der Waals surface area contributed by atoms with Crippen LogP contribution in [0, 0.1) is 3.70 Å². The van der Waals surface area contributed by atoms with Gasteiger partial charge in [-0.05, 0) is 34.2 Å². The smallest absolute Gasteiger partial charge is 0.392 e. The van der Waals surface area contributed by atoms with Crippen LogP contribution in [0.25, 0.3) is 0 Å². The van der Waals surface area contributed by atoms with E-state index in [0.717, 1.165) is 0 Å². The van der Waals surface area contributed by atoms with Crippen LogP contribution in [-0.4, -0.2) is 16.5 Å². The van der Waals surface area contributed by atoms with Gasteiger partial charge in [0.15, 0.2) is 0 Å². The quantitative estimate of drug-likeness (QED) is 0.517. The Morgan fingerprint density at radius 2 is 2.06 bits per heavy atom. The van der Waals surface area contributed by atoms with Gasteiger partial charge in [-0.25, -0.2) is 9.37 Å². The molecule has 0 bridgehead atoms. The van der Waals surface area contributed by atoms with Crippen LogP contribution in [-0.2, 0) is 13.3 Å². The Hall–Kier alpha value is -0.640. The van der Waals surface area contributed by atoms with Crippen LogP contribution in [0.15, 0.2) is 6.07 Å². The van der Waals surface area contributed by atoms with Gasteiger partial charge in [0.25, 0.3) is 0 Å². The van der Waals surface area contributed by atoms with Gasteiger partial charge in [-0.2, -0.15) is 0 Å². The third-order valence-corrected chi connectivity index (χ3v) is 2.22. The first-order valence-electron chi connectivity index (χ1n) is 3.98. The summed E-state index contributed by atoms with van der Waals surface area (Å²) in [6.45, 7) is -1.77. The lowest BCUT2D eigenvalue weighted by molar-refractivity contribution is -0.276. The van der Waals surface area contributed by atoms with Crippen molar-refractivity contribution in [2.24, 2.45) is 0 Å². The molecule has 1 rings (SSSR count). The number of hydrogen-bond donors (Lipinski definition) is 1. The van der Waals surface area contributed by atoms with Gasteiger partial charge in [-0.3, -0.25) is 0 Å². The van der Waals surface area contributed by atoms with Gasteiger partial charge in [0.2, 0.25) is 5.88 Å². The summed E-state index contributed by atoms with van der Waals surface area (Å²) in [7, 11) is 0. The molecule has 0 aliphatic heterocycles. The zero-order chi connectivity index (χ0) is 12.3. The molecule has 1 aromatic heterocycles. The predicted molar refractivity (Wildman–Crippen MR) is 54.4 cm³/mol. The van der Waals surface area contributed by atoms with Crippen molar-refractivity contribution in [1.82, 2.24) is 4.98 Å². The molecule has 16 heavy (non-hydrogen) atoms. The van der Waals surface area contributed by atoms with Crippen molar-refractivity contribution in [1.29, 1.82) is 0 Å². The maximum absolute atomic E-state index is 12.5. The Balaban J connectivity index is 3.20. The first-order chi connectivity index (χ1) is 7.37. The Kier molecular flexibility index (Phi) is 4.30. The summed E-state index contributed by atoms with van der Waals surface area (Å²) in [5, 5.41) is 8.86. The largest absolute Gasteiger partial charge is 0.574 e. The van der Waals surface area contributed by atoms with Crippen molar-refractivity contribution in [3.8, 4) is 5.88 Å². The fourth-order valence-corrected chi connectivity index (χ4v) is 1.64. The number of aliphatic hydroxyl groups excluding tert-OH is 1. The number of aromatic nitrogens is 1. The van der Waals surface area contributed by atoms with E-state index in [1.807, 2.05) is 0 Å². The normalized spacial score (nSPS) is 11.6. The first-order valence-corrected chi connectivity index (χ1v) is 5.06. The van der Waals surface area contributed by atoms with Crippen LogP contribution in [0.5, 0.6) is 5.88 Å². The molecule has 0 amide bonds. The summed E-state index contributed by atoms with van der Waals surface area (Å²) in [5.41, 5.74) is -0.360. The van der Waals surface area contributed by atoms with Gasteiger partial charge in [0, 0.05) is 0 Å². The van der Waals surface area contributed by atoms with E-state index in [1.54, 1.807) is 22.6 Å². The highest BCUT2D eigenvalue weighted by atomic mass is 127. The lowest BCUT2D eigenvalue weighted by atomic mass is 10.1. The van der Waals surface area contributed by atoms with E-state index in [0.29, 0.717) is 0 Å². The second-order valence-corrected chi connectivity index (χ2v) is 3.83. The zero-order valence-electron chi connectivity index (χ0n) is 7.68. The molecule has 0 atom stereocenters. The van der Waals surface area contributed by atoms with Crippen molar-refractivity contribution in [2.45, 2.75) is 19.6 Å². The third kappa shape index (κ3) is 3.44. The number of ether oxygens (including phenoxy) is 1. The molecule has 0 aliphatic rings. The maximum atomic E-state index is 12.5. The lowest BCUT2D eigenvalue weighted by Crippen LogP contribution is -2.19. The zero-order valence-corrected chi connectivity index (χ0v) is 9.84. The van der Waals surface area contributed by atoms with Crippen LogP contribution in [0.1, 0.15) is 11.1 Å². The fourth-order valence-electron chi connectivity index (χ4n) is 1.04. The van der Waals surface area contributed by atoms with Crippen LogP contribution in [0.4, 0.5) is 17.6 Å². The molecule has 0 fully saturated rings. The Labute approximate surface area is 102 Å². The standard InChI is InChI=1S/C8H6F4INO2/c9-2-5-4(3-15)1-6(13)14-7(5)16-8(10,11)12/h1,15H,2-3H2. The van der Waals surface area contributed by atoms with Crippen molar-refractivity contribution in [3.63, 3.8) is 0 Å². The minimum Gasteiger partial charge on any atom is -0.392 e. The molecule has 3 nitrogen and oxygen atoms in total. The number of nitrogens with zero attached hydrogens (tertiary/aromatic N) is 1. The van der Waals surface area contributed by atoms with Crippen LogP contribution < -0.4 is 4.74 Å².